The molecule has 0 heterocycles. The van der Waals surface area contributed by atoms with Crippen molar-refractivity contribution < 1.29 is 0 Å². The summed E-state index contributed by atoms with van der Waals surface area (Å²) >= 11 is 0. The quantitative estimate of drug-likeness (QED) is 0.126. The van der Waals surface area contributed by atoms with Crippen LogP contribution in [0.15, 0.2) is 364 Å². The second-order valence-electron chi connectivity index (χ2n) is 25.7. The summed E-state index contributed by atoms with van der Waals surface area (Å²) in [6.07, 6.45) is 0. The van der Waals surface area contributed by atoms with Gasteiger partial charge in [-0.1, -0.05) is 346 Å². The molecule has 0 saturated carbocycles. The third-order valence-electron chi connectivity index (χ3n) is 20.5. The summed E-state index contributed by atoms with van der Waals surface area (Å²) < 4.78 is 0. The van der Waals surface area contributed by atoms with Crippen molar-refractivity contribution in [2.24, 2.45) is 0 Å². The van der Waals surface area contributed by atoms with Crippen LogP contribution in [0.2, 0.25) is 0 Å². The molecule has 0 amide bonds. The van der Waals surface area contributed by atoms with Crippen molar-refractivity contribution in [3.63, 3.8) is 0 Å². The Kier molecular flexibility index (Phi) is 13.0. The van der Waals surface area contributed by atoms with E-state index >= 15 is 0 Å². The van der Waals surface area contributed by atoms with Crippen LogP contribution < -0.4 is 0 Å². The molecule has 0 N–H and O–H groups in total. The highest BCUT2D eigenvalue weighted by molar-refractivity contribution is 6.26. The SMILES string of the molecule is c1ccc(-c2ccc3cc(-c4ccc(-c5c6ccccc6c(-c6ccc(-c7ccc(-c8ccc(-c9c%10ccccc%10c(-c%10ccc(-c%11ccc%12ccccc%12c%11)c%11ccccc%10%11)c%10ccccc9%10)cc8)c8ccccc78)c7ccccc67)c6ccccc56)cc4)ccc3c2)cc1. The molecule has 0 fully saturated rings. The molecule has 0 aromatic heterocycles. The number of fused-ring (bicyclic) bond motifs is 9. The van der Waals surface area contributed by atoms with Crippen LogP contribution in [0.4, 0.5) is 0 Å². The average molecular weight is 1210 g/mol. The molecule has 0 bridgehead atoms. The summed E-state index contributed by atoms with van der Waals surface area (Å²) in [5, 5.41) is 22.3. The van der Waals surface area contributed by atoms with Gasteiger partial charge >= 0.3 is 0 Å². The molecule has 0 unspecified atom stereocenters. The molecule has 0 aliphatic carbocycles. The lowest BCUT2D eigenvalue weighted by molar-refractivity contribution is 1.62. The van der Waals surface area contributed by atoms with Gasteiger partial charge in [0.25, 0.3) is 0 Å². The van der Waals surface area contributed by atoms with E-state index in [1.807, 2.05) is 0 Å². The maximum Gasteiger partial charge on any atom is -0.00201 e. The summed E-state index contributed by atoms with van der Waals surface area (Å²) in [7, 11) is 0. The largest absolute Gasteiger partial charge is 0.0622 e. The van der Waals surface area contributed by atoms with Gasteiger partial charge in [-0.05, 0) is 215 Å². The molecule has 0 atom stereocenters. The van der Waals surface area contributed by atoms with Crippen molar-refractivity contribution in [3.8, 4) is 100 Å². The van der Waals surface area contributed by atoms with Crippen LogP contribution in [0.3, 0.4) is 0 Å². The molecule has 444 valence electrons. The van der Waals surface area contributed by atoms with Crippen molar-refractivity contribution in [3.05, 3.63) is 364 Å². The van der Waals surface area contributed by atoms with E-state index in [2.05, 4.69) is 364 Å². The number of benzene rings is 19. The molecule has 96 heavy (non-hydrogen) atoms. The summed E-state index contributed by atoms with van der Waals surface area (Å²) in [4.78, 5) is 0. The zero-order valence-electron chi connectivity index (χ0n) is 52.6. The predicted molar refractivity (Wildman–Crippen MR) is 413 cm³/mol. The molecule has 0 heteroatoms. The summed E-state index contributed by atoms with van der Waals surface area (Å²) in [5.74, 6) is 0. The second kappa shape index (κ2) is 22.7. The Balaban J connectivity index is 0.675. The maximum absolute atomic E-state index is 2.39. The molecular formula is C96H60. The van der Waals surface area contributed by atoms with E-state index in [4.69, 9.17) is 0 Å². The van der Waals surface area contributed by atoms with Gasteiger partial charge in [-0.25, -0.2) is 0 Å². The molecule has 0 aliphatic rings. The highest BCUT2D eigenvalue weighted by Gasteiger charge is 2.23. The van der Waals surface area contributed by atoms with Crippen LogP contribution in [-0.2, 0) is 0 Å². The third kappa shape index (κ3) is 9.06. The highest BCUT2D eigenvalue weighted by atomic mass is 14.3. The third-order valence-corrected chi connectivity index (χ3v) is 20.5. The van der Waals surface area contributed by atoms with Crippen molar-refractivity contribution >= 4 is 97.0 Å². The Morgan fingerprint density at radius 3 is 0.771 bits per heavy atom. The van der Waals surface area contributed by atoms with Gasteiger partial charge in [0, 0.05) is 0 Å². The van der Waals surface area contributed by atoms with Crippen molar-refractivity contribution in [1.82, 2.24) is 0 Å². The van der Waals surface area contributed by atoms with E-state index in [0.717, 1.165) is 0 Å². The Morgan fingerprint density at radius 1 is 0.104 bits per heavy atom. The Labute approximate surface area is 557 Å². The van der Waals surface area contributed by atoms with Crippen LogP contribution in [0.5, 0.6) is 0 Å². The van der Waals surface area contributed by atoms with Gasteiger partial charge < -0.3 is 0 Å². The smallest absolute Gasteiger partial charge is 0.00201 e. The Morgan fingerprint density at radius 2 is 0.344 bits per heavy atom. The van der Waals surface area contributed by atoms with Crippen LogP contribution in [0.25, 0.3) is 197 Å². The Hall–Kier alpha value is -12.5. The second-order valence-corrected chi connectivity index (χ2v) is 25.7. The predicted octanol–water partition coefficient (Wildman–Crippen LogP) is 27.1. The zero-order valence-corrected chi connectivity index (χ0v) is 52.6. The van der Waals surface area contributed by atoms with E-state index in [9.17, 15) is 0 Å². The van der Waals surface area contributed by atoms with Gasteiger partial charge in [0.05, 0.1) is 0 Å². The first kappa shape index (κ1) is 55.2. The van der Waals surface area contributed by atoms with Crippen molar-refractivity contribution in [1.29, 1.82) is 0 Å². The van der Waals surface area contributed by atoms with E-state index in [-0.39, 0.29) is 0 Å². The first-order chi connectivity index (χ1) is 47.6. The fraction of sp³-hybridized carbons (Fsp3) is 0. The van der Waals surface area contributed by atoms with Crippen LogP contribution in [0.1, 0.15) is 0 Å². The first-order valence-electron chi connectivity index (χ1n) is 33.4. The van der Waals surface area contributed by atoms with Gasteiger partial charge in [0.2, 0.25) is 0 Å². The first-order valence-corrected chi connectivity index (χ1v) is 33.4. The monoisotopic (exact) mass is 1210 g/mol. The van der Waals surface area contributed by atoms with E-state index < -0.39 is 0 Å². The Bertz CT molecular complexity index is 6240. The molecule has 0 spiro atoms. The maximum atomic E-state index is 2.39. The minimum Gasteiger partial charge on any atom is -0.0622 e. The van der Waals surface area contributed by atoms with Gasteiger partial charge in [-0.15, -0.1) is 0 Å². The van der Waals surface area contributed by atoms with Gasteiger partial charge in [-0.3, -0.25) is 0 Å². The van der Waals surface area contributed by atoms with Crippen LogP contribution in [0, 0.1) is 0 Å². The molecule has 0 aliphatic heterocycles. The lowest BCUT2D eigenvalue weighted by atomic mass is 9.83. The molecule has 19 rings (SSSR count). The summed E-state index contributed by atoms with van der Waals surface area (Å²) in [5.41, 5.74) is 22.1. The number of rotatable bonds is 9. The topological polar surface area (TPSA) is 0 Å². The molecule has 19 aromatic carbocycles. The fourth-order valence-electron chi connectivity index (χ4n) is 16.0. The van der Waals surface area contributed by atoms with Gasteiger partial charge in [0.1, 0.15) is 0 Å². The van der Waals surface area contributed by atoms with Gasteiger partial charge in [0.15, 0.2) is 0 Å². The zero-order chi connectivity index (χ0) is 63.2. The normalized spacial score (nSPS) is 11.8. The molecule has 0 radical (unpaired) electrons. The average Bonchev–Trinajstić information content (AvgIpc) is 0.732. The molecular weight excluding hydrogens is 1150 g/mol. The van der Waals surface area contributed by atoms with Gasteiger partial charge in [-0.2, -0.15) is 0 Å². The number of hydrogen-bond donors (Lipinski definition) is 0. The standard InChI is InChI=1S/C96H60/c1-2-20-61(21-3-1)68-47-49-71-59-69(48-50-70(71)58-68)63-38-43-65(44-39-63)93-83-30-12-18-36-89(83)96(90-37-19-13-31-84(90)93)92-57-55-82(78-27-9-11-29-80(78)92)81-54-52-73(75-24-6-8-26-77(75)81)64-41-45-66(46-42-64)94-85-32-14-16-34-87(85)95(88-35-17-15-33-86(88)94)91-56-53-74(76-25-7-10-28-79(76)91)72-51-40-62-22-4-5-23-67(62)60-72/h1-60H. The van der Waals surface area contributed by atoms with Crippen molar-refractivity contribution in [2.45, 2.75) is 0 Å². The summed E-state index contributed by atoms with van der Waals surface area (Å²) in [6.45, 7) is 0. The highest BCUT2D eigenvalue weighted by Crippen LogP contribution is 2.50. The van der Waals surface area contributed by atoms with Crippen molar-refractivity contribution in [2.75, 3.05) is 0 Å². The lowest BCUT2D eigenvalue weighted by Crippen LogP contribution is -1.93. The minimum absolute atomic E-state index is 1.19. The molecule has 0 saturated heterocycles. The minimum atomic E-state index is 1.19. The molecule has 19 aromatic rings. The fourth-order valence-corrected chi connectivity index (χ4v) is 16.0. The van der Waals surface area contributed by atoms with Crippen LogP contribution in [-0.4, -0.2) is 0 Å². The number of hydrogen-bond acceptors (Lipinski definition) is 0. The van der Waals surface area contributed by atoms with Crippen LogP contribution >= 0.6 is 0 Å². The lowest BCUT2D eigenvalue weighted by Gasteiger charge is -2.20. The van der Waals surface area contributed by atoms with E-state index in [1.165, 1.54) is 197 Å². The molecule has 0 nitrogen and oxygen atoms in total. The van der Waals surface area contributed by atoms with E-state index in [0.29, 0.717) is 0 Å². The van der Waals surface area contributed by atoms with E-state index in [1.54, 1.807) is 0 Å². The summed E-state index contributed by atoms with van der Waals surface area (Å²) in [6, 6.07) is 136.